The average molecular weight is 287 g/mol. The lowest BCUT2D eigenvalue weighted by molar-refractivity contribution is 0.236. The molecular weight excluding hydrogens is 271 g/mol. The van der Waals surface area contributed by atoms with Gasteiger partial charge in [0, 0.05) is 12.4 Å². The maximum atomic E-state index is 11.7. The van der Waals surface area contributed by atoms with Crippen LogP contribution in [0, 0.1) is 0 Å². The molecule has 0 saturated carbocycles. The number of nitrogens with one attached hydrogen (secondary N) is 2. The van der Waals surface area contributed by atoms with Gasteiger partial charge in [0.25, 0.3) is 0 Å². The number of benzene rings is 1. The van der Waals surface area contributed by atoms with Crippen molar-refractivity contribution in [1.29, 1.82) is 0 Å². The zero-order valence-electron chi connectivity index (χ0n) is 9.96. The summed E-state index contributed by atoms with van der Waals surface area (Å²) in [4.78, 5) is 11.7. The van der Waals surface area contributed by atoms with Crippen molar-refractivity contribution in [3.8, 4) is 0 Å². The molecule has 18 heavy (non-hydrogen) atoms. The van der Waals surface area contributed by atoms with Gasteiger partial charge in [-0.3, -0.25) is 0 Å². The number of hydrogen-bond acceptors (Lipinski definition) is 1. The first-order valence-corrected chi connectivity index (χ1v) is 7.01. The number of rotatable bonds is 3. The van der Waals surface area contributed by atoms with E-state index in [9.17, 15) is 4.79 Å². The van der Waals surface area contributed by atoms with Gasteiger partial charge in [0.15, 0.2) is 0 Å². The van der Waals surface area contributed by atoms with Crippen molar-refractivity contribution < 1.29 is 4.79 Å². The second kappa shape index (κ2) is 6.30. The Hall–Kier alpha value is -0.930. The van der Waals surface area contributed by atoms with Crippen LogP contribution >= 0.6 is 23.2 Å². The monoisotopic (exact) mass is 286 g/mol. The molecule has 3 nitrogen and oxygen atoms in total. The van der Waals surface area contributed by atoms with Gasteiger partial charge < -0.3 is 10.6 Å². The Kier molecular flexibility index (Phi) is 4.72. The smallest absolute Gasteiger partial charge is 0.315 e. The summed E-state index contributed by atoms with van der Waals surface area (Å²) in [5.41, 5.74) is 2.38. The lowest BCUT2D eigenvalue weighted by Crippen LogP contribution is -2.43. The lowest BCUT2D eigenvalue weighted by atomic mass is 9.87. The number of carbonyl (C=O) groups excluding carboxylic acids is 1. The highest BCUT2D eigenvalue weighted by Crippen LogP contribution is 2.32. The summed E-state index contributed by atoms with van der Waals surface area (Å²) in [7, 11) is 0. The fraction of sp³-hybridized carbons (Fsp3) is 0.462. The van der Waals surface area contributed by atoms with Crippen molar-refractivity contribution in [1.82, 2.24) is 10.6 Å². The maximum absolute atomic E-state index is 11.7. The summed E-state index contributed by atoms with van der Waals surface area (Å²) in [5, 5.41) is 5.54. The van der Waals surface area contributed by atoms with Gasteiger partial charge >= 0.3 is 6.03 Å². The summed E-state index contributed by atoms with van der Waals surface area (Å²) >= 11 is 11.8. The van der Waals surface area contributed by atoms with Gasteiger partial charge in [-0.1, -0.05) is 24.3 Å². The second-order valence-corrected chi connectivity index (χ2v) is 5.26. The SMILES string of the molecule is O=C(NCCCl)NC1c2ccccc2CCC1Cl. The van der Waals surface area contributed by atoms with Crippen molar-refractivity contribution in [2.75, 3.05) is 12.4 Å². The van der Waals surface area contributed by atoms with Crippen LogP contribution in [-0.4, -0.2) is 23.8 Å². The molecule has 0 fully saturated rings. The fourth-order valence-electron chi connectivity index (χ4n) is 2.24. The molecule has 0 radical (unpaired) electrons. The van der Waals surface area contributed by atoms with E-state index in [0.29, 0.717) is 12.4 Å². The fourth-order valence-corrected chi connectivity index (χ4v) is 2.64. The third-order valence-electron chi connectivity index (χ3n) is 3.11. The highest BCUT2D eigenvalue weighted by Gasteiger charge is 2.28. The van der Waals surface area contributed by atoms with Crippen LogP contribution < -0.4 is 10.6 Å². The van der Waals surface area contributed by atoms with E-state index in [0.717, 1.165) is 18.4 Å². The second-order valence-electron chi connectivity index (χ2n) is 4.32. The highest BCUT2D eigenvalue weighted by molar-refractivity contribution is 6.21. The van der Waals surface area contributed by atoms with Gasteiger partial charge in [-0.2, -0.15) is 0 Å². The van der Waals surface area contributed by atoms with Gasteiger partial charge in [0.2, 0.25) is 0 Å². The minimum absolute atomic E-state index is 0.0679. The summed E-state index contributed by atoms with van der Waals surface area (Å²) < 4.78 is 0. The number of urea groups is 1. The highest BCUT2D eigenvalue weighted by atomic mass is 35.5. The van der Waals surface area contributed by atoms with Crippen LogP contribution in [-0.2, 0) is 6.42 Å². The van der Waals surface area contributed by atoms with E-state index in [4.69, 9.17) is 23.2 Å². The Morgan fingerprint density at radius 1 is 1.39 bits per heavy atom. The van der Waals surface area contributed by atoms with E-state index in [1.54, 1.807) is 0 Å². The number of aryl methyl sites for hydroxylation is 1. The number of fused-ring (bicyclic) bond motifs is 1. The first-order chi connectivity index (χ1) is 8.72. The molecule has 2 N–H and O–H groups in total. The van der Waals surface area contributed by atoms with E-state index in [-0.39, 0.29) is 17.5 Å². The van der Waals surface area contributed by atoms with Gasteiger partial charge in [-0.15, -0.1) is 23.2 Å². The van der Waals surface area contributed by atoms with E-state index in [1.165, 1.54) is 5.56 Å². The van der Waals surface area contributed by atoms with Crippen molar-refractivity contribution >= 4 is 29.2 Å². The molecule has 2 rings (SSSR count). The molecule has 5 heteroatoms. The van der Waals surface area contributed by atoms with Crippen LogP contribution in [0.15, 0.2) is 24.3 Å². The topological polar surface area (TPSA) is 41.1 Å². The summed E-state index contributed by atoms with van der Waals surface area (Å²) in [6, 6.07) is 7.74. The largest absolute Gasteiger partial charge is 0.337 e. The molecule has 0 spiro atoms. The zero-order chi connectivity index (χ0) is 13.0. The molecule has 1 aliphatic carbocycles. The molecule has 1 aromatic carbocycles. The van der Waals surface area contributed by atoms with Crippen LogP contribution in [0.25, 0.3) is 0 Å². The number of halogens is 2. The van der Waals surface area contributed by atoms with E-state index in [2.05, 4.69) is 16.7 Å². The van der Waals surface area contributed by atoms with Gasteiger partial charge in [-0.05, 0) is 24.0 Å². The Balaban J connectivity index is 2.09. The van der Waals surface area contributed by atoms with Gasteiger partial charge in [-0.25, -0.2) is 4.79 Å². The molecule has 0 aliphatic heterocycles. The quantitative estimate of drug-likeness (QED) is 0.825. The van der Waals surface area contributed by atoms with Crippen molar-refractivity contribution in [2.24, 2.45) is 0 Å². The Morgan fingerprint density at radius 2 is 2.17 bits per heavy atom. The number of alkyl halides is 2. The summed E-state index contributed by atoms with van der Waals surface area (Å²) in [5.74, 6) is 0.402. The van der Waals surface area contributed by atoms with Crippen molar-refractivity contribution in [3.05, 3.63) is 35.4 Å². The molecule has 0 bridgehead atoms. The minimum Gasteiger partial charge on any atom is -0.337 e. The third kappa shape index (κ3) is 3.09. The number of carbonyl (C=O) groups is 1. The molecule has 1 aromatic rings. The van der Waals surface area contributed by atoms with Crippen LogP contribution in [0.4, 0.5) is 4.79 Å². The van der Waals surface area contributed by atoms with E-state index < -0.39 is 0 Å². The minimum atomic E-state index is -0.219. The van der Waals surface area contributed by atoms with Crippen molar-refractivity contribution in [3.63, 3.8) is 0 Å². The van der Waals surface area contributed by atoms with Crippen LogP contribution in [0.1, 0.15) is 23.6 Å². The molecule has 98 valence electrons. The molecule has 0 aromatic heterocycles. The molecular formula is C13H16Cl2N2O. The van der Waals surface area contributed by atoms with Crippen molar-refractivity contribution in [2.45, 2.75) is 24.3 Å². The maximum Gasteiger partial charge on any atom is 0.315 e. The Labute approximate surface area is 117 Å². The first-order valence-electron chi connectivity index (χ1n) is 6.04. The zero-order valence-corrected chi connectivity index (χ0v) is 11.5. The van der Waals surface area contributed by atoms with Crippen LogP contribution in [0.5, 0.6) is 0 Å². The Bertz CT molecular complexity index is 425. The summed E-state index contributed by atoms with van der Waals surface area (Å²) in [6.45, 7) is 0.453. The predicted octanol–water partition coefficient (Wildman–Crippen LogP) is 2.82. The lowest BCUT2D eigenvalue weighted by Gasteiger charge is -2.30. The molecule has 0 saturated heterocycles. The van der Waals surface area contributed by atoms with E-state index in [1.807, 2.05) is 18.2 Å². The molecule has 2 amide bonds. The van der Waals surface area contributed by atoms with Gasteiger partial charge in [0.1, 0.15) is 0 Å². The van der Waals surface area contributed by atoms with Crippen LogP contribution in [0.2, 0.25) is 0 Å². The number of amides is 2. The van der Waals surface area contributed by atoms with E-state index >= 15 is 0 Å². The average Bonchev–Trinajstić information content (AvgIpc) is 2.40. The predicted molar refractivity (Wildman–Crippen MR) is 74.4 cm³/mol. The van der Waals surface area contributed by atoms with Crippen LogP contribution in [0.3, 0.4) is 0 Å². The first kappa shape index (κ1) is 13.5. The standard InChI is InChI=1S/C13H16Cl2N2O/c14-7-8-16-13(18)17-12-10-4-2-1-3-9(10)5-6-11(12)15/h1-4,11-12H,5-8H2,(H2,16,17,18). The summed E-state index contributed by atoms with van der Waals surface area (Å²) in [6.07, 6.45) is 1.84. The van der Waals surface area contributed by atoms with Gasteiger partial charge in [0.05, 0.1) is 11.4 Å². The molecule has 2 unspecified atom stereocenters. The third-order valence-corrected chi connectivity index (χ3v) is 3.77. The molecule has 0 heterocycles. The number of hydrogen-bond donors (Lipinski definition) is 2. The Morgan fingerprint density at radius 3 is 2.94 bits per heavy atom. The molecule has 1 aliphatic rings. The molecule has 2 atom stereocenters. The normalized spacial score (nSPS) is 22.1.